The van der Waals surface area contributed by atoms with Gasteiger partial charge in [0.2, 0.25) is 0 Å². The average Bonchev–Trinajstić information content (AvgIpc) is 2.90. The molecular weight excluding hydrogens is 464 g/mol. The van der Waals surface area contributed by atoms with Crippen LogP contribution < -0.4 is 9.47 Å². The molecule has 25 heavy (non-hydrogen) atoms. The predicted molar refractivity (Wildman–Crippen MR) is 115 cm³/mol. The van der Waals surface area contributed by atoms with Crippen molar-refractivity contribution in [1.29, 1.82) is 0 Å². The molecule has 0 bridgehead atoms. The van der Waals surface area contributed by atoms with Crippen LogP contribution in [0.15, 0.2) is 7.57 Å². The first-order valence-electron chi connectivity index (χ1n) is 9.99. The van der Waals surface area contributed by atoms with E-state index in [1.54, 1.807) is 11.3 Å². The second-order valence-electron chi connectivity index (χ2n) is 7.04. The van der Waals surface area contributed by atoms with Crippen LogP contribution in [-0.4, -0.2) is 12.7 Å². The van der Waals surface area contributed by atoms with Gasteiger partial charge in [-0.1, -0.05) is 77.6 Å². The normalized spacial score (nSPS) is 16.4. The highest BCUT2D eigenvalue weighted by molar-refractivity contribution is 9.12. The van der Waals surface area contributed by atoms with E-state index >= 15 is 0 Å². The Morgan fingerprint density at radius 3 is 1.92 bits per heavy atom. The number of rotatable bonds is 13. The lowest BCUT2D eigenvalue weighted by atomic mass is 10.0. The number of ether oxygens (including phenoxy) is 2. The lowest BCUT2D eigenvalue weighted by Crippen LogP contribution is -2.28. The van der Waals surface area contributed by atoms with Gasteiger partial charge in [0.1, 0.15) is 20.3 Å². The summed E-state index contributed by atoms with van der Waals surface area (Å²) in [6.07, 6.45) is 18.0. The minimum atomic E-state index is 0.202. The van der Waals surface area contributed by atoms with Crippen LogP contribution >= 0.6 is 43.2 Å². The monoisotopic (exact) mass is 494 g/mol. The first kappa shape index (κ1) is 21.6. The van der Waals surface area contributed by atoms with Crippen LogP contribution in [-0.2, 0) is 0 Å². The first-order valence-corrected chi connectivity index (χ1v) is 12.4. The third-order valence-electron chi connectivity index (χ3n) is 4.82. The van der Waals surface area contributed by atoms with E-state index in [2.05, 4.69) is 38.8 Å². The van der Waals surface area contributed by atoms with Crippen LogP contribution in [0.5, 0.6) is 11.5 Å². The van der Waals surface area contributed by atoms with Crippen molar-refractivity contribution in [2.45, 2.75) is 96.5 Å². The molecule has 0 saturated carbocycles. The number of thiophene rings is 1. The fourth-order valence-electron chi connectivity index (χ4n) is 3.30. The molecule has 5 heteroatoms. The van der Waals surface area contributed by atoms with Gasteiger partial charge in [0.05, 0.1) is 0 Å². The molecule has 1 aromatic rings. The van der Waals surface area contributed by atoms with Crippen molar-refractivity contribution in [3.8, 4) is 11.5 Å². The fourth-order valence-corrected chi connectivity index (χ4v) is 6.13. The van der Waals surface area contributed by atoms with Gasteiger partial charge in [-0.05, 0) is 44.7 Å². The summed E-state index contributed by atoms with van der Waals surface area (Å²) >= 11 is 8.69. The smallest absolute Gasteiger partial charge is 0.188 e. The van der Waals surface area contributed by atoms with E-state index in [9.17, 15) is 0 Å². The van der Waals surface area contributed by atoms with Crippen molar-refractivity contribution in [2.24, 2.45) is 0 Å². The van der Waals surface area contributed by atoms with E-state index in [-0.39, 0.29) is 6.10 Å². The Kier molecular flexibility index (Phi) is 10.9. The molecule has 0 saturated heterocycles. The number of unbranched alkanes of at least 4 members (excludes halogenated alkanes) is 11. The van der Waals surface area contributed by atoms with E-state index in [0.717, 1.165) is 25.5 Å². The van der Waals surface area contributed by atoms with Crippen molar-refractivity contribution in [3.05, 3.63) is 7.57 Å². The average molecular weight is 496 g/mol. The second-order valence-corrected chi connectivity index (χ2v) is 10.7. The third-order valence-corrected chi connectivity index (χ3v) is 7.24. The standard InChI is InChI=1S/C20H32Br2O2S/c1-2-3-4-5-6-7-8-9-10-11-12-13-14-16-15-23-17-18(24-16)20(22)25-19(17)21/h16H,2-15H2,1H3. The largest absolute Gasteiger partial charge is 0.484 e. The summed E-state index contributed by atoms with van der Waals surface area (Å²) < 4.78 is 14.0. The summed E-state index contributed by atoms with van der Waals surface area (Å²) in [6.45, 7) is 2.96. The third kappa shape index (κ3) is 7.80. The lowest BCUT2D eigenvalue weighted by Gasteiger charge is -2.25. The van der Waals surface area contributed by atoms with Crippen LogP contribution in [0.2, 0.25) is 0 Å². The Balaban J connectivity index is 1.43. The summed E-state index contributed by atoms with van der Waals surface area (Å²) in [4.78, 5) is 0. The minimum Gasteiger partial charge on any atom is -0.484 e. The Hall–Kier alpha value is 0.260. The minimum absolute atomic E-state index is 0.202. The highest BCUT2D eigenvalue weighted by Gasteiger charge is 2.27. The van der Waals surface area contributed by atoms with Crippen molar-refractivity contribution >= 4 is 43.2 Å². The van der Waals surface area contributed by atoms with Gasteiger partial charge in [-0.3, -0.25) is 0 Å². The SMILES string of the molecule is CCCCCCCCCCCCCCC1COc2c(Br)sc(Br)c2O1. The fraction of sp³-hybridized carbons (Fsp3) is 0.800. The van der Waals surface area contributed by atoms with Crippen LogP contribution in [0, 0.1) is 0 Å². The molecule has 1 aromatic heterocycles. The van der Waals surface area contributed by atoms with Crippen LogP contribution in [0.3, 0.4) is 0 Å². The number of halogens is 2. The molecule has 1 aliphatic rings. The van der Waals surface area contributed by atoms with Gasteiger partial charge in [0.15, 0.2) is 11.5 Å². The van der Waals surface area contributed by atoms with E-state index < -0.39 is 0 Å². The molecule has 0 spiro atoms. The summed E-state index contributed by atoms with van der Waals surface area (Å²) in [7, 11) is 0. The molecule has 2 nitrogen and oxygen atoms in total. The van der Waals surface area contributed by atoms with Gasteiger partial charge in [0.25, 0.3) is 0 Å². The molecule has 0 aliphatic carbocycles. The van der Waals surface area contributed by atoms with Crippen molar-refractivity contribution in [3.63, 3.8) is 0 Å². The van der Waals surface area contributed by atoms with Crippen LogP contribution in [0.1, 0.15) is 90.4 Å². The topological polar surface area (TPSA) is 18.5 Å². The molecule has 144 valence electrons. The molecule has 1 unspecified atom stereocenters. The summed E-state index contributed by atoms with van der Waals surface area (Å²) in [5.41, 5.74) is 0. The van der Waals surface area contributed by atoms with Gasteiger partial charge >= 0.3 is 0 Å². The maximum atomic E-state index is 6.09. The number of fused-ring (bicyclic) bond motifs is 1. The predicted octanol–water partition coefficient (Wildman–Crippen LogP) is 8.50. The van der Waals surface area contributed by atoms with E-state index in [1.165, 1.54) is 77.0 Å². The Morgan fingerprint density at radius 2 is 1.32 bits per heavy atom. The number of hydrogen-bond acceptors (Lipinski definition) is 3. The van der Waals surface area contributed by atoms with Crippen molar-refractivity contribution in [1.82, 2.24) is 0 Å². The maximum Gasteiger partial charge on any atom is 0.188 e. The van der Waals surface area contributed by atoms with Crippen LogP contribution in [0.25, 0.3) is 0 Å². The van der Waals surface area contributed by atoms with E-state index in [4.69, 9.17) is 9.47 Å². The maximum absolute atomic E-state index is 6.09. The number of hydrogen-bond donors (Lipinski definition) is 0. The molecule has 2 heterocycles. The van der Waals surface area contributed by atoms with Crippen LogP contribution in [0.4, 0.5) is 0 Å². The van der Waals surface area contributed by atoms with Gasteiger partial charge in [-0.15, -0.1) is 11.3 Å². The van der Waals surface area contributed by atoms with Gasteiger partial charge < -0.3 is 9.47 Å². The quantitative estimate of drug-likeness (QED) is 0.255. The molecule has 0 radical (unpaired) electrons. The zero-order valence-corrected chi connectivity index (χ0v) is 19.4. The van der Waals surface area contributed by atoms with Gasteiger partial charge in [-0.25, -0.2) is 0 Å². The Labute approximate surface area is 174 Å². The summed E-state index contributed by atoms with van der Waals surface area (Å²) in [5, 5.41) is 0. The lowest BCUT2D eigenvalue weighted by molar-refractivity contribution is 0.0827. The molecule has 1 aliphatic heterocycles. The zero-order valence-electron chi connectivity index (χ0n) is 15.5. The second kappa shape index (κ2) is 12.6. The molecule has 0 aromatic carbocycles. The molecule has 0 N–H and O–H groups in total. The molecule has 0 fully saturated rings. The highest BCUT2D eigenvalue weighted by Crippen LogP contribution is 2.50. The summed E-state index contributed by atoms with van der Waals surface area (Å²) in [5.74, 6) is 1.75. The highest BCUT2D eigenvalue weighted by atomic mass is 79.9. The molecule has 1 atom stereocenters. The summed E-state index contributed by atoms with van der Waals surface area (Å²) in [6, 6.07) is 0. The van der Waals surface area contributed by atoms with E-state index in [0.29, 0.717) is 6.61 Å². The Bertz CT molecular complexity index is 490. The van der Waals surface area contributed by atoms with Crippen molar-refractivity contribution < 1.29 is 9.47 Å². The van der Waals surface area contributed by atoms with Gasteiger partial charge in [-0.2, -0.15) is 0 Å². The van der Waals surface area contributed by atoms with E-state index in [1.807, 2.05) is 0 Å². The van der Waals surface area contributed by atoms with Crippen molar-refractivity contribution in [2.75, 3.05) is 6.61 Å². The molecule has 2 rings (SSSR count). The zero-order chi connectivity index (χ0) is 17.9. The molecule has 0 amide bonds. The Morgan fingerprint density at radius 1 is 0.800 bits per heavy atom. The van der Waals surface area contributed by atoms with Gasteiger partial charge in [0, 0.05) is 0 Å². The first-order chi connectivity index (χ1) is 12.2. The molecular formula is C20H32Br2O2S.